The van der Waals surface area contributed by atoms with E-state index in [0.717, 1.165) is 56.0 Å². The van der Waals surface area contributed by atoms with Crippen molar-refractivity contribution in [3.8, 4) is 0 Å². The molecule has 0 heterocycles. The second-order valence-corrected chi connectivity index (χ2v) is 24.3. The standard InChI is InChI=1S/C59H111N3O12S3/c1-9-12-15-18-21-24-45-75-48-51(4)57(66)72-42-39-69-54(63)29-36-61(33-27-32-60(7)8)34-28-35-62(37-30-55(64)70-40-43-73-58(67)52(5)49-76-46-25-22-19-16-13-10-2)38-31-56(65)71-41-44-74-59(68)53(6)50-77-47-26-23-20-17-14-11-3/h51-53H,9-50H2,1-8H3. The van der Waals surface area contributed by atoms with Crippen LogP contribution in [-0.2, 0) is 57.2 Å². The van der Waals surface area contributed by atoms with Crippen LogP contribution in [0.2, 0.25) is 0 Å². The van der Waals surface area contributed by atoms with E-state index < -0.39 is 11.9 Å². The molecule has 0 saturated heterocycles. The zero-order valence-electron chi connectivity index (χ0n) is 49.9. The Labute approximate surface area is 481 Å². The van der Waals surface area contributed by atoms with E-state index in [0.29, 0.717) is 56.4 Å². The van der Waals surface area contributed by atoms with E-state index in [1.54, 1.807) is 35.3 Å². The summed E-state index contributed by atoms with van der Waals surface area (Å²) in [5.41, 5.74) is 0. The molecule has 3 unspecified atom stereocenters. The van der Waals surface area contributed by atoms with Crippen molar-refractivity contribution < 1.29 is 57.2 Å². The second-order valence-electron chi connectivity index (χ2n) is 20.8. The van der Waals surface area contributed by atoms with Gasteiger partial charge in [0.1, 0.15) is 39.6 Å². The largest absolute Gasteiger partial charge is 0.462 e. The molecule has 0 spiro atoms. The highest BCUT2D eigenvalue weighted by Gasteiger charge is 2.19. The number of thioether (sulfide) groups is 3. The molecule has 452 valence electrons. The average Bonchev–Trinajstić information content (AvgIpc) is 3.41. The molecule has 0 aliphatic carbocycles. The Balaban J connectivity index is 5.14. The van der Waals surface area contributed by atoms with E-state index in [1.807, 2.05) is 39.8 Å². The third-order valence-corrected chi connectivity index (χ3v) is 16.9. The molecule has 0 saturated carbocycles. The van der Waals surface area contributed by atoms with Gasteiger partial charge in [0, 0.05) is 36.9 Å². The van der Waals surface area contributed by atoms with Gasteiger partial charge in [0.2, 0.25) is 0 Å². The lowest BCUT2D eigenvalue weighted by molar-refractivity contribution is -0.154. The lowest BCUT2D eigenvalue weighted by atomic mass is 10.1. The minimum Gasteiger partial charge on any atom is -0.462 e. The van der Waals surface area contributed by atoms with Gasteiger partial charge in [-0.3, -0.25) is 28.8 Å². The maximum atomic E-state index is 12.9. The number of hydrogen-bond donors (Lipinski definition) is 0. The highest BCUT2D eigenvalue weighted by Crippen LogP contribution is 2.17. The van der Waals surface area contributed by atoms with Crippen LogP contribution in [0.15, 0.2) is 0 Å². The summed E-state index contributed by atoms with van der Waals surface area (Å²) in [6.45, 7) is 16.2. The molecule has 77 heavy (non-hydrogen) atoms. The molecule has 0 aromatic rings. The zero-order valence-corrected chi connectivity index (χ0v) is 52.3. The number of ether oxygens (including phenoxy) is 6. The predicted molar refractivity (Wildman–Crippen MR) is 320 cm³/mol. The van der Waals surface area contributed by atoms with Crippen LogP contribution < -0.4 is 0 Å². The van der Waals surface area contributed by atoms with Crippen molar-refractivity contribution in [3.05, 3.63) is 0 Å². The molecule has 3 atom stereocenters. The number of hydrogen-bond acceptors (Lipinski definition) is 18. The molecule has 0 aliphatic rings. The van der Waals surface area contributed by atoms with Crippen LogP contribution in [0.25, 0.3) is 0 Å². The number of rotatable bonds is 56. The summed E-state index contributed by atoms with van der Waals surface area (Å²) in [7, 11) is 4.05. The van der Waals surface area contributed by atoms with Crippen LogP contribution in [0.5, 0.6) is 0 Å². The molecular formula is C59H111N3O12S3. The Morgan fingerprint density at radius 3 is 0.896 bits per heavy atom. The van der Waals surface area contributed by atoms with Crippen molar-refractivity contribution in [2.45, 2.75) is 189 Å². The van der Waals surface area contributed by atoms with Gasteiger partial charge in [-0.15, -0.1) is 0 Å². The van der Waals surface area contributed by atoms with Gasteiger partial charge in [-0.25, -0.2) is 0 Å². The van der Waals surface area contributed by atoms with Crippen molar-refractivity contribution in [2.75, 3.05) is 134 Å². The van der Waals surface area contributed by atoms with Gasteiger partial charge in [-0.2, -0.15) is 35.3 Å². The van der Waals surface area contributed by atoms with Gasteiger partial charge in [0.05, 0.1) is 37.0 Å². The maximum Gasteiger partial charge on any atom is 0.309 e. The van der Waals surface area contributed by atoms with Gasteiger partial charge < -0.3 is 43.1 Å². The molecule has 0 rings (SSSR count). The summed E-state index contributed by atoms with van der Waals surface area (Å²) < 4.78 is 32.6. The second kappa shape index (κ2) is 54.3. The first-order valence-corrected chi connectivity index (χ1v) is 33.5. The van der Waals surface area contributed by atoms with E-state index >= 15 is 0 Å². The third kappa shape index (κ3) is 49.3. The van der Waals surface area contributed by atoms with Crippen LogP contribution in [0.4, 0.5) is 0 Å². The summed E-state index contributed by atoms with van der Waals surface area (Å²) in [5.74, 6) is 2.41. The smallest absolute Gasteiger partial charge is 0.309 e. The van der Waals surface area contributed by atoms with Crippen molar-refractivity contribution in [3.63, 3.8) is 0 Å². The van der Waals surface area contributed by atoms with Gasteiger partial charge in [-0.1, -0.05) is 138 Å². The molecule has 15 nitrogen and oxygen atoms in total. The Bertz CT molecular complexity index is 1400. The highest BCUT2D eigenvalue weighted by atomic mass is 32.2. The first-order chi connectivity index (χ1) is 37.2. The topological polar surface area (TPSA) is 168 Å². The average molecular weight is 1150 g/mol. The quantitative estimate of drug-likeness (QED) is 0.0320. The van der Waals surface area contributed by atoms with Gasteiger partial charge in [-0.05, 0) is 89.6 Å². The number of carbonyl (C=O) groups excluding carboxylic acids is 6. The first-order valence-electron chi connectivity index (χ1n) is 30.0. The van der Waals surface area contributed by atoms with Gasteiger partial charge in [0.25, 0.3) is 0 Å². The fourth-order valence-electron chi connectivity index (χ4n) is 8.02. The Kier molecular flexibility index (Phi) is 52.8. The summed E-state index contributed by atoms with van der Waals surface area (Å²) >= 11 is 5.33. The molecule has 0 aromatic carbocycles. The number of nitrogens with zero attached hydrogens (tertiary/aromatic N) is 3. The molecule has 0 bridgehead atoms. The van der Waals surface area contributed by atoms with E-state index in [1.165, 1.54) is 96.3 Å². The Morgan fingerprint density at radius 1 is 0.338 bits per heavy atom. The van der Waals surface area contributed by atoms with Crippen LogP contribution in [0.3, 0.4) is 0 Å². The van der Waals surface area contributed by atoms with Crippen LogP contribution in [-0.4, -0.2) is 185 Å². The normalized spacial score (nSPS) is 12.7. The minimum atomic E-state index is -0.432. The molecule has 0 aliphatic heterocycles. The van der Waals surface area contributed by atoms with Crippen molar-refractivity contribution in [1.82, 2.24) is 14.7 Å². The molecule has 0 aromatic heterocycles. The summed E-state index contributed by atoms with van der Waals surface area (Å²) in [6, 6.07) is 0. The fourth-order valence-corrected chi connectivity index (χ4v) is 11.2. The zero-order chi connectivity index (χ0) is 57.0. The molecule has 0 amide bonds. The monoisotopic (exact) mass is 1150 g/mol. The van der Waals surface area contributed by atoms with E-state index in [4.69, 9.17) is 28.4 Å². The molecule has 0 N–H and O–H groups in total. The van der Waals surface area contributed by atoms with Crippen LogP contribution in [0.1, 0.15) is 189 Å². The summed E-state index contributed by atoms with van der Waals surface area (Å²) in [6.07, 6.45) is 24.3. The number of unbranched alkanes of at least 4 members (excludes halogenated alkanes) is 15. The first kappa shape index (κ1) is 74.8. The van der Waals surface area contributed by atoms with Gasteiger partial charge in [0.15, 0.2) is 0 Å². The lowest BCUT2D eigenvalue weighted by Crippen LogP contribution is -2.35. The minimum absolute atomic E-state index is 0.00857. The van der Waals surface area contributed by atoms with E-state index in [2.05, 4.69) is 30.6 Å². The molecule has 0 radical (unpaired) electrons. The van der Waals surface area contributed by atoms with Crippen LogP contribution >= 0.6 is 35.3 Å². The fraction of sp³-hybridized carbons (Fsp3) is 0.898. The maximum absolute atomic E-state index is 12.9. The predicted octanol–water partition coefficient (Wildman–Crippen LogP) is 11.6. The van der Waals surface area contributed by atoms with Crippen molar-refractivity contribution in [2.24, 2.45) is 17.8 Å². The van der Waals surface area contributed by atoms with Crippen molar-refractivity contribution >= 4 is 71.1 Å². The number of esters is 6. The molecular weight excluding hydrogens is 1040 g/mol. The van der Waals surface area contributed by atoms with Gasteiger partial charge >= 0.3 is 35.8 Å². The Morgan fingerprint density at radius 2 is 0.597 bits per heavy atom. The third-order valence-electron chi connectivity index (χ3n) is 12.9. The lowest BCUT2D eigenvalue weighted by Gasteiger charge is -2.26. The van der Waals surface area contributed by atoms with E-state index in [9.17, 15) is 28.8 Å². The van der Waals surface area contributed by atoms with Crippen molar-refractivity contribution in [1.29, 1.82) is 0 Å². The highest BCUT2D eigenvalue weighted by molar-refractivity contribution is 7.99. The summed E-state index contributed by atoms with van der Waals surface area (Å²) in [5, 5.41) is 0. The van der Waals surface area contributed by atoms with Crippen LogP contribution in [0, 0.1) is 17.8 Å². The molecule has 18 heteroatoms. The Hall–Kier alpha value is -2.25. The number of carbonyl (C=O) groups is 6. The molecule has 0 fully saturated rings. The SMILES string of the molecule is CCCCCCCCSCC(C)C(=O)OCCOC(=O)CCN(CCCN(C)C)CCCN(CCC(=O)OCCOC(=O)C(C)CSCCCCCCCC)CCC(=O)OCCOC(=O)C(C)CSCCCCCCCC. The summed E-state index contributed by atoms with van der Waals surface area (Å²) in [4.78, 5) is 82.7. The van der Waals surface area contributed by atoms with E-state index in [-0.39, 0.29) is 101 Å².